The van der Waals surface area contributed by atoms with Crippen LogP contribution in [0.15, 0.2) is 24.3 Å². The van der Waals surface area contributed by atoms with Crippen LogP contribution < -0.4 is 10.1 Å². The average molecular weight is 295 g/mol. The van der Waals surface area contributed by atoms with Crippen molar-refractivity contribution in [3.8, 4) is 5.75 Å². The molecular weight excluding hydrogens is 266 g/mol. The van der Waals surface area contributed by atoms with Crippen LogP contribution in [0.2, 0.25) is 0 Å². The van der Waals surface area contributed by atoms with Gasteiger partial charge in [-0.2, -0.15) is 0 Å². The van der Waals surface area contributed by atoms with E-state index in [1.165, 1.54) is 5.56 Å². The molecule has 21 heavy (non-hydrogen) atoms. The van der Waals surface area contributed by atoms with E-state index in [-0.39, 0.29) is 0 Å². The van der Waals surface area contributed by atoms with Gasteiger partial charge in [-0.3, -0.25) is 0 Å². The van der Waals surface area contributed by atoms with E-state index in [2.05, 4.69) is 38.2 Å². The highest BCUT2D eigenvalue weighted by Gasteiger charge is 1.97. The Balaban J connectivity index is 2.02. The van der Waals surface area contributed by atoms with Gasteiger partial charge in [0.15, 0.2) is 0 Å². The Hall–Kier alpha value is -1.10. The Morgan fingerprint density at radius 1 is 0.952 bits per heavy atom. The van der Waals surface area contributed by atoms with Gasteiger partial charge >= 0.3 is 0 Å². The molecule has 1 N–H and O–H groups in total. The van der Waals surface area contributed by atoms with Crippen molar-refractivity contribution in [3.63, 3.8) is 0 Å². The van der Waals surface area contributed by atoms with Crippen LogP contribution in [-0.2, 0) is 16.0 Å². The van der Waals surface area contributed by atoms with E-state index in [1.807, 2.05) is 12.1 Å². The molecule has 0 saturated heterocycles. The Kier molecular flexibility index (Phi) is 9.87. The van der Waals surface area contributed by atoms with Crippen molar-refractivity contribution in [2.45, 2.75) is 27.3 Å². The molecule has 0 aliphatic rings. The number of nitrogens with one attached hydrogen (secondary N) is 1. The second-order valence-electron chi connectivity index (χ2n) is 5.35. The molecule has 0 fully saturated rings. The predicted molar refractivity (Wildman–Crippen MR) is 85.8 cm³/mol. The van der Waals surface area contributed by atoms with Crippen molar-refractivity contribution < 1.29 is 14.2 Å². The maximum absolute atomic E-state index is 5.62. The van der Waals surface area contributed by atoms with E-state index >= 15 is 0 Å². The third kappa shape index (κ3) is 9.45. The number of benzene rings is 1. The van der Waals surface area contributed by atoms with Crippen LogP contribution in [0.25, 0.3) is 0 Å². The highest BCUT2D eigenvalue weighted by atomic mass is 16.5. The molecule has 0 radical (unpaired) electrons. The minimum absolute atomic E-state index is 0.566. The number of hydrogen-bond donors (Lipinski definition) is 1. The molecule has 0 unspecified atom stereocenters. The number of rotatable bonds is 12. The summed E-state index contributed by atoms with van der Waals surface area (Å²) in [6, 6.07) is 8.16. The summed E-state index contributed by atoms with van der Waals surface area (Å²) < 4.78 is 16.5. The predicted octanol–water partition coefficient (Wildman–Crippen LogP) is 2.86. The van der Waals surface area contributed by atoms with Crippen LogP contribution in [0.5, 0.6) is 5.75 Å². The van der Waals surface area contributed by atoms with Crippen molar-refractivity contribution in [2.24, 2.45) is 5.92 Å². The topological polar surface area (TPSA) is 39.7 Å². The molecule has 1 aromatic carbocycles. The number of ether oxygens (including phenoxy) is 3. The fraction of sp³-hybridized carbons (Fsp3) is 0.647. The summed E-state index contributed by atoms with van der Waals surface area (Å²) >= 11 is 0. The summed E-state index contributed by atoms with van der Waals surface area (Å²) in [4.78, 5) is 0. The number of hydrogen-bond acceptors (Lipinski definition) is 4. The standard InChI is InChI=1S/C17H29NO3/c1-4-18-13-16-5-7-17(8-6-16)21-12-11-19-9-10-20-14-15(2)3/h5-8,15,18H,4,9-14H2,1-3H3. The van der Waals surface area contributed by atoms with E-state index in [0.29, 0.717) is 32.3 Å². The fourth-order valence-corrected chi connectivity index (χ4v) is 1.73. The molecule has 0 spiro atoms. The van der Waals surface area contributed by atoms with Gasteiger partial charge < -0.3 is 19.5 Å². The Morgan fingerprint density at radius 2 is 1.62 bits per heavy atom. The second kappa shape index (κ2) is 11.5. The Bertz CT molecular complexity index is 352. The van der Waals surface area contributed by atoms with Crippen molar-refractivity contribution >= 4 is 0 Å². The lowest BCUT2D eigenvalue weighted by molar-refractivity contribution is 0.0282. The molecule has 0 aliphatic heterocycles. The molecule has 4 heteroatoms. The van der Waals surface area contributed by atoms with Crippen LogP contribution in [0.4, 0.5) is 0 Å². The van der Waals surface area contributed by atoms with E-state index in [0.717, 1.165) is 25.4 Å². The van der Waals surface area contributed by atoms with Gasteiger partial charge in [0.25, 0.3) is 0 Å². The zero-order valence-electron chi connectivity index (χ0n) is 13.6. The Labute approximate surface area is 128 Å². The van der Waals surface area contributed by atoms with E-state index < -0.39 is 0 Å². The zero-order valence-corrected chi connectivity index (χ0v) is 13.6. The summed E-state index contributed by atoms with van der Waals surface area (Å²) in [7, 11) is 0. The first kappa shape index (κ1) is 18.0. The van der Waals surface area contributed by atoms with Crippen LogP contribution in [0, 0.1) is 5.92 Å². The fourth-order valence-electron chi connectivity index (χ4n) is 1.73. The second-order valence-corrected chi connectivity index (χ2v) is 5.35. The minimum atomic E-state index is 0.566. The SMILES string of the molecule is CCNCc1ccc(OCCOCCOCC(C)C)cc1. The summed E-state index contributed by atoms with van der Waals surface area (Å²) in [6.07, 6.45) is 0. The lowest BCUT2D eigenvalue weighted by Crippen LogP contribution is -2.13. The van der Waals surface area contributed by atoms with Gasteiger partial charge in [0, 0.05) is 13.2 Å². The molecule has 1 aromatic rings. The molecule has 0 atom stereocenters. The molecule has 0 bridgehead atoms. The van der Waals surface area contributed by atoms with Crippen molar-refractivity contribution in [1.29, 1.82) is 0 Å². The molecule has 0 aromatic heterocycles. The van der Waals surface area contributed by atoms with Gasteiger partial charge in [-0.1, -0.05) is 32.9 Å². The molecule has 1 rings (SSSR count). The highest BCUT2D eigenvalue weighted by molar-refractivity contribution is 5.27. The minimum Gasteiger partial charge on any atom is -0.491 e. The van der Waals surface area contributed by atoms with Gasteiger partial charge in [0.1, 0.15) is 12.4 Å². The molecule has 0 amide bonds. The van der Waals surface area contributed by atoms with Crippen LogP contribution in [-0.4, -0.2) is 39.6 Å². The highest BCUT2D eigenvalue weighted by Crippen LogP contribution is 2.11. The molecule has 0 heterocycles. The monoisotopic (exact) mass is 295 g/mol. The first-order chi connectivity index (χ1) is 10.2. The quantitative estimate of drug-likeness (QED) is 0.602. The van der Waals surface area contributed by atoms with Crippen LogP contribution in [0.1, 0.15) is 26.3 Å². The van der Waals surface area contributed by atoms with E-state index in [9.17, 15) is 0 Å². The summed E-state index contributed by atoms with van der Waals surface area (Å²) in [6.45, 7) is 11.5. The van der Waals surface area contributed by atoms with E-state index in [4.69, 9.17) is 14.2 Å². The first-order valence-corrected chi connectivity index (χ1v) is 7.80. The zero-order chi connectivity index (χ0) is 15.3. The first-order valence-electron chi connectivity index (χ1n) is 7.80. The third-order valence-electron chi connectivity index (χ3n) is 2.82. The molecule has 0 saturated carbocycles. The van der Waals surface area contributed by atoms with Gasteiger partial charge in [0.05, 0.1) is 19.8 Å². The molecular formula is C17H29NO3. The van der Waals surface area contributed by atoms with Gasteiger partial charge in [-0.15, -0.1) is 0 Å². The Morgan fingerprint density at radius 3 is 2.29 bits per heavy atom. The van der Waals surface area contributed by atoms with E-state index in [1.54, 1.807) is 0 Å². The van der Waals surface area contributed by atoms with Gasteiger partial charge in [-0.25, -0.2) is 0 Å². The maximum Gasteiger partial charge on any atom is 0.119 e. The van der Waals surface area contributed by atoms with Crippen molar-refractivity contribution in [2.75, 3.05) is 39.6 Å². The van der Waals surface area contributed by atoms with Gasteiger partial charge in [0.2, 0.25) is 0 Å². The largest absolute Gasteiger partial charge is 0.491 e. The summed E-state index contributed by atoms with van der Waals surface area (Å²) in [5, 5.41) is 3.29. The summed E-state index contributed by atoms with van der Waals surface area (Å²) in [5.74, 6) is 1.46. The normalized spacial score (nSPS) is 11.0. The molecule has 4 nitrogen and oxygen atoms in total. The third-order valence-corrected chi connectivity index (χ3v) is 2.82. The van der Waals surface area contributed by atoms with Crippen molar-refractivity contribution in [1.82, 2.24) is 5.32 Å². The van der Waals surface area contributed by atoms with Crippen molar-refractivity contribution in [3.05, 3.63) is 29.8 Å². The lowest BCUT2D eigenvalue weighted by Gasteiger charge is -2.09. The van der Waals surface area contributed by atoms with Gasteiger partial charge in [-0.05, 0) is 30.2 Å². The van der Waals surface area contributed by atoms with Crippen LogP contribution >= 0.6 is 0 Å². The summed E-state index contributed by atoms with van der Waals surface area (Å²) in [5.41, 5.74) is 1.27. The average Bonchev–Trinajstić information content (AvgIpc) is 2.48. The van der Waals surface area contributed by atoms with Crippen LogP contribution in [0.3, 0.4) is 0 Å². The molecule has 0 aliphatic carbocycles. The molecule has 120 valence electrons. The lowest BCUT2D eigenvalue weighted by atomic mass is 10.2. The maximum atomic E-state index is 5.62. The smallest absolute Gasteiger partial charge is 0.119 e.